The maximum Gasteiger partial charge on any atom is 0.310 e. The molecule has 0 bridgehead atoms. The van der Waals surface area contributed by atoms with E-state index in [2.05, 4.69) is 38.8 Å². The molecule has 4 rings (SSSR count). The van der Waals surface area contributed by atoms with Crippen molar-refractivity contribution in [1.29, 1.82) is 0 Å². The van der Waals surface area contributed by atoms with Crippen molar-refractivity contribution in [3.8, 4) is 0 Å². The molecule has 158 valence electrons. The lowest BCUT2D eigenvalue weighted by Gasteiger charge is -2.59. The Labute approximate surface area is 186 Å². The van der Waals surface area contributed by atoms with Crippen molar-refractivity contribution in [2.45, 2.75) is 65.1 Å². The highest BCUT2D eigenvalue weighted by molar-refractivity contribution is 9.11. The number of hydrogen-bond donors (Lipinski definition) is 0. The molecule has 2 heterocycles. The lowest BCUT2D eigenvalue weighted by Crippen LogP contribution is -2.61. The number of halogens is 2. The van der Waals surface area contributed by atoms with Crippen molar-refractivity contribution in [2.75, 3.05) is 0 Å². The van der Waals surface area contributed by atoms with Crippen LogP contribution in [0.2, 0.25) is 0 Å². The summed E-state index contributed by atoms with van der Waals surface area (Å²) in [7, 11) is 0. The molecule has 0 N–H and O–H groups in total. The molecule has 2 saturated carbocycles. The number of ether oxygens (including phenoxy) is 2. The number of hydrogen-bond acceptors (Lipinski definition) is 6. The average molecular weight is 532 g/mol. The summed E-state index contributed by atoms with van der Waals surface area (Å²) < 4.78 is 17.7. The number of carbonyl (C=O) groups excluding carboxylic acids is 3. The fourth-order valence-corrected chi connectivity index (χ4v) is 7.22. The standard InChI is InChI=1S/C21H24Br2O6/c1-10(24)27-13-5-7-20(2)6-4-12-19(26)28-14(11-8-15(22)29-18(11)23)9-21(12,3)17(20)16(13)25/h8,12-14,17H,4-7,9H2,1-3H3. The summed E-state index contributed by atoms with van der Waals surface area (Å²) in [6, 6.07) is 1.79. The van der Waals surface area contributed by atoms with Gasteiger partial charge in [-0.3, -0.25) is 14.4 Å². The van der Waals surface area contributed by atoms with Crippen LogP contribution in [0.4, 0.5) is 0 Å². The first kappa shape index (κ1) is 21.1. The van der Waals surface area contributed by atoms with E-state index in [1.165, 1.54) is 6.92 Å². The SMILES string of the molecule is CC(=O)OC1CCC2(C)CCC3C(=O)OC(c4cc(Br)oc4Br)CC3(C)C2C1=O. The zero-order valence-electron chi connectivity index (χ0n) is 16.6. The molecule has 29 heavy (non-hydrogen) atoms. The smallest absolute Gasteiger partial charge is 0.310 e. The Morgan fingerprint density at radius 2 is 1.90 bits per heavy atom. The summed E-state index contributed by atoms with van der Waals surface area (Å²) in [5, 5.41) is 0. The Morgan fingerprint density at radius 3 is 2.52 bits per heavy atom. The van der Waals surface area contributed by atoms with Crippen LogP contribution in [-0.4, -0.2) is 23.8 Å². The van der Waals surface area contributed by atoms with Crippen molar-refractivity contribution < 1.29 is 28.3 Å². The predicted molar refractivity (Wildman–Crippen MR) is 110 cm³/mol. The molecule has 0 aromatic carbocycles. The van der Waals surface area contributed by atoms with Crippen LogP contribution in [0.25, 0.3) is 0 Å². The molecule has 2 aliphatic carbocycles. The molecule has 8 heteroatoms. The summed E-state index contributed by atoms with van der Waals surface area (Å²) in [5.41, 5.74) is -0.0430. The molecular weight excluding hydrogens is 508 g/mol. The van der Waals surface area contributed by atoms with E-state index in [-0.39, 0.29) is 29.0 Å². The number of cyclic esters (lactones) is 1. The monoisotopic (exact) mass is 530 g/mol. The fraction of sp³-hybridized carbons (Fsp3) is 0.667. The topological polar surface area (TPSA) is 82.8 Å². The third-order valence-electron chi connectivity index (χ3n) is 7.24. The fourth-order valence-electron chi connectivity index (χ4n) is 6.05. The number of esters is 2. The Bertz CT molecular complexity index is 879. The Kier molecular flexibility index (Phi) is 5.25. The quantitative estimate of drug-likeness (QED) is 0.492. The number of rotatable bonds is 2. The lowest BCUT2D eigenvalue weighted by atomic mass is 9.45. The van der Waals surface area contributed by atoms with Crippen LogP contribution in [0, 0.1) is 22.7 Å². The Hall–Kier alpha value is -1.15. The van der Waals surface area contributed by atoms with Gasteiger partial charge in [-0.05, 0) is 80.9 Å². The van der Waals surface area contributed by atoms with Crippen LogP contribution >= 0.6 is 31.9 Å². The van der Waals surface area contributed by atoms with Crippen molar-refractivity contribution >= 4 is 49.6 Å². The van der Waals surface area contributed by atoms with Crippen LogP contribution < -0.4 is 0 Å². The first-order valence-electron chi connectivity index (χ1n) is 9.91. The summed E-state index contributed by atoms with van der Waals surface area (Å²) in [6.45, 7) is 5.50. The van der Waals surface area contributed by atoms with Gasteiger partial charge in [-0.15, -0.1) is 0 Å². The van der Waals surface area contributed by atoms with Gasteiger partial charge in [-0.1, -0.05) is 13.8 Å². The van der Waals surface area contributed by atoms with Gasteiger partial charge in [0.05, 0.1) is 5.92 Å². The molecule has 1 aromatic heterocycles. The van der Waals surface area contributed by atoms with Crippen LogP contribution in [-0.2, 0) is 23.9 Å². The van der Waals surface area contributed by atoms with Crippen LogP contribution in [0.3, 0.4) is 0 Å². The molecule has 1 saturated heterocycles. The van der Waals surface area contributed by atoms with Gasteiger partial charge in [0.15, 0.2) is 21.2 Å². The van der Waals surface area contributed by atoms with Gasteiger partial charge in [-0.25, -0.2) is 0 Å². The van der Waals surface area contributed by atoms with Crippen LogP contribution in [0.15, 0.2) is 19.8 Å². The van der Waals surface area contributed by atoms with Gasteiger partial charge < -0.3 is 13.9 Å². The summed E-state index contributed by atoms with van der Waals surface area (Å²) in [4.78, 5) is 38.0. The van der Waals surface area contributed by atoms with Gasteiger partial charge >= 0.3 is 11.9 Å². The molecule has 0 radical (unpaired) electrons. The highest BCUT2D eigenvalue weighted by atomic mass is 79.9. The van der Waals surface area contributed by atoms with Gasteiger partial charge in [0.25, 0.3) is 0 Å². The van der Waals surface area contributed by atoms with E-state index in [1.54, 1.807) is 6.07 Å². The second-order valence-corrected chi connectivity index (χ2v) is 10.6. The molecule has 6 unspecified atom stereocenters. The maximum absolute atomic E-state index is 13.5. The molecule has 0 amide bonds. The van der Waals surface area contributed by atoms with E-state index in [0.717, 1.165) is 18.4 Å². The Morgan fingerprint density at radius 1 is 1.21 bits per heavy atom. The third-order valence-corrected chi connectivity index (χ3v) is 8.25. The number of Topliss-reactive ketones (excluding diaryl/α,β-unsaturated/α-hetero) is 1. The highest BCUT2D eigenvalue weighted by Gasteiger charge is 2.64. The zero-order chi connectivity index (χ0) is 21.1. The molecule has 6 atom stereocenters. The number of furan rings is 1. The van der Waals surface area contributed by atoms with Crippen molar-refractivity contribution in [1.82, 2.24) is 0 Å². The largest absolute Gasteiger partial charge is 0.457 e. The lowest BCUT2D eigenvalue weighted by molar-refractivity contribution is -0.201. The minimum absolute atomic E-state index is 0.0537. The zero-order valence-corrected chi connectivity index (χ0v) is 19.8. The van der Waals surface area contributed by atoms with Gasteiger partial charge in [0.1, 0.15) is 6.10 Å². The van der Waals surface area contributed by atoms with E-state index < -0.39 is 23.6 Å². The summed E-state index contributed by atoms with van der Waals surface area (Å²) >= 11 is 6.71. The minimum atomic E-state index is -0.729. The average Bonchev–Trinajstić information content (AvgIpc) is 2.94. The summed E-state index contributed by atoms with van der Waals surface area (Å²) in [6.07, 6.45) is 2.12. The maximum atomic E-state index is 13.5. The molecule has 1 aromatic rings. The van der Waals surface area contributed by atoms with Crippen LogP contribution in [0.1, 0.15) is 64.5 Å². The van der Waals surface area contributed by atoms with E-state index in [0.29, 0.717) is 28.6 Å². The van der Waals surface area contributed by atoms with Crippen molar-refractivity contribution in [2.24, 2.45) is 22.7 Å². The second-order valence-electron chi connectivity index (χ2n) is 9.13. The first-order valence-corrected chi connectivity index (χ1v) is 11.5. The van der Waals surface area contributed by atoms with E-state index in [1.807, 2.05) is 6.92 Å². The van der Waals surface area contributed by atoms with Crippen LogP contribution in [0.5, 0.6) is 0 Å². The Balaban J connectivity index is 1.73. The molecular formula is C21H24Br2O6. The molecule has 1 aliphatic heterocycles. The van der Waals surface area contributed by atoms with E-state index in [4.69, 9.17) is 13.9 Å². The normalized spacial score (nSPS) is 39.3. The molecule has 6 nitrogen and oxygen atoms in total. The molecule has 3 fully saturated rings. The van der Waals surface area contributed by atoms with Crippen molar-refractivity contribution in [3.05, 3.63) is 21.0 Å². The minimum Gasteiger partial charge on any atom is -0.457 e. The number of ketones is 1. The van der Waals surface area contributed by atoms with Gasteiger partial charge in [0.2, 0.25) is 0 Å². The first-order chi connectivity index (χ1) is 13.5. The predicted octanol–water partition coefficient (Wildman–Crippen LogP) is 5.13. The summed E-state index contributed by atoms with van der Waals surface area (Å²) in [5.74, 6) is -1.47. The van der Waals surface area contributed by atoms with Gasteiger partial charge in [0, 0.05) is 18.4 Å². The third kappa shape index (κ3) is 3.40. The molecule has 3 aliphatic rings. The molecule has 0 spiro atoms. The van der Waals surface area contributed by atoms with Crippen molar-refractivity contribution in [3.63, 3.8) is 0 Å². The second kappa shape index (κ2) is 7.22. The highest BCUT2D eigenvalue weighted by Crippen LogP contribution is 2.63. The van der Waals surface area contributed by atoms with Gasteiger partial charge in [-0.2, -0.15) is 0 Å². The number of carbonyl (C=O) groups is 3. The number of fused-ring (bicyclic) bond motifs is 3. The van der Waals surface area contributed by atoms with E-state index >= 15 is 0 Å². The van der Waals surface area contributed by atoms with E-state index in [9.17, 15) is 14.4 Å².